The Morgan fingerprint density at radius 2 is 1.50 bits per heavy atom. The van der Waals surface area contributed by atoms with Gasteiger partial charge in [-0.15, -0.1) is 0 Å². The zero-order valence-corrected chi connectivity index (χ0v) is 14.3. The minimum absolute atomic E-state index is 0.318. The molecule has 2 atom stereocenters. The van der Waals surface area contributed by atoms with Gasteiger partial charge in [0.1, 0.15) is 6.04 Å². The minimum Gasteiger partial charge on any atom is -0.496 e. The van der Waals surface area contributed by atoms with Gasteiger partial charge in [0.25, 0.3) is 0 Å². The van der Waals surface area contributed by atoms with E-state index < -0.39 is 11.8 Å². The van der Waals surface area contributed by atoms with Crippen LogP contribution in [-0.2, 0) is 16.5 Å². The van der Waals surface area contributed by atoms with Gasteiger partial charge in [0.05, 0.1) is 17.5 Å². The van der Waals surface area contributed by atoms with E-state index in [-0.39, 0.29) is 23.0 Å². The zero-order chi connectivity index (χ0) is 16.9. The molecule has 0 bridgehead atoms. The Morgan fingerprint density at radius 3 is 2.00 bits per heavy atom. The lowest BCUT2D eigenvalue weighted by atomic mass is 10.1. The van der Waals surface area contributed by atoms with Gasteiger partial charge in [-0.25, -0.2) is 18.8 Å². The van der Waals surface area contributed by atoms with E-state index in [2.05, 4.69) is 0 Å². The molecule has 0 radical (unpaired) electrons. The van der Waals surface area contributed by atoms with Gasteiger partial charge in [-0.05, 0) is 47.6 Å². The predicted molar refractivity (Wildman–Crippen MR) is 82.8 cm³/mol. The van der Waals surface area contributed by atoms with Crippen LogP contribution in [0.5, 0.6) is 0 Å². The van der Waals surface area contributed by atoms with E-state index >= 15 is 0 Å². The fourth-order valence-corrected chi connectivity index (χ4v) is 2.25. The van der Waals surface area contributed by atoms with Crippen molar-refractivity contribution in [2.45, 2.75) is 65.0 Å². The third-order valence-corrected chi connectivity index (χ3v) is 3.19. The molecule has 7 heteroatoms. The molecule has 0 spiro atoms. The minimum atomic E-state index is -0.513. The maximum atomic E-state index is 12.1. The first-order valence-corrected chi connectivity index (χ1v) is 7.35. The van der Waals surface area contributed by atoms with Crippen LogP contribution in [0.15, 0.2) is 21.9 Å². The van der Waals surface area contributed by atoms with Crippen LogP contribution in [0.3, 0.4) is 0 Å². The van der Waals surface area contributed by atoms with Gasteiger partial charge in [-0.1, -0.05) is 0 Å². The molecule has 2 rings (SSSR count). The highest BCUT2D eigenvalue weighted by Crippen LogP contribution is 2.35. The Bertz CT molecular complexity index is 694. The van der Waals surface area contributed by atoms with Crippen LogP contribution in [0.25, 0.3) is 0 Å². The average Bonchev–Trinajstić information content (AvgIpc) is 2.52. The maximum Gasteiger partial charge on any atom is 0.349 e. The van der Waals surface area contributed by atoms with Crippen molar-refractivity contribution in [1.29, 1.82) is 0 Å². The van der Waals surface area contributed by atoms with Gasteiger partial charge in [-0.3, -0.25) is 0 Å². The lowest BCUT2D eigenvalue weighted by Crippen LogP contribution is -2.50. The molecule has 7 nitrogen and oxygen atoms in total. The van der Waals surface area contributed by atoms with Crippen LogP contribution < -0.4 is 11.4 Å². The van der Waals surface area contributed by atoms with Gasteiger partial charge >= 0.3 is 11.4 Å². The molecule has 2 heterocycles. The third-order valence-electron chi connectivity index (χ3n) is 3.19. The van der Waals surface area contributed by atoms with Crippen LogP contribution >= 0.6 is 0 Å². The summed E-state index contributed by atoms with van der Waals surface area (Å²) in [5.74, 6) is 0. The van der Waals surface area contributed by atoms with E-state index in [1.54, 1.807) is 12.3 Å². The van der Waals surface area contributed by atoms with E-state index in [1.807, 2.05) is 41.5 Å². The highest BCUT2D eigenvalue weighted by molar-refractivity contribution is 5.01. The highest BCUT2D eigenvalue weighted by Gasteiger charge is 2.43. The second-order valence-electron chi connectivity index (χ2n) is 7.48. The third kappa shape index (κ3) is 3.04. The number of hydrogen-bond acceptors (Lipinski definition) is 4. The number of ether oxygens (including phenoxy) is 2. The molecule has 0 fully saturated rings. The van der Waals surface area contributed by atoms with E-state index in [0.717, 1.165) is 4.57 Å². The first-order chi connectivity index (χ1) is 9.92. The Labute approximate surface area is 129 Å². The average molecular weight is 311 g/mol. The van der Waals surface area contributed by atoms with Crippen LogP contribution in [-0.4, -0.2) is 25.1 Å². The van der Waals surface area contributed by atoms with Crippen LogP contribution in [0.2, 0.25) is 0 Å². The van der Waals surface area contributed by atoms with Gasteiger partial charge in [0.2, 0.25) is 0 Å². The molecule has 0 unspecified atom stereocenters. The SMILES string of the molecule is Cn1c(=O)n2n(c1=O)[C@@H](OC(C)(C)C)[C@@H]2/C=C\OC(C)(C)C. The standard InChI is InChI=1S/C15H25N3O4/c1-14(2,3)21-9-8-10-11(22-15(4,5)6)18-13(20)16(7)12(19)17(10)18/h8-11H,1-7H3/b9-8-/t10-,11-/m0/s1. The number of rotatable bonds is 3. The number of fused-ring (bicyclic) bond motifs is 1. The molecule has 0 amide bonds. The van der Waals surface area contributed by atoms with E-state index in [0.29, 0.717) is 0 Å². The van der Waals surface area contributed by atoms with Crippen molar-refractivity contribution in [3.8, 4) is 0 Å². The van der Waals surface area contributed by atoms with Crippen molar-refractivity contribution in [1.82, 2.24) is 13.9 Å². The van der Waals surface area contributed by atoms with Gasteiger partial charge in [-0.2, -0.15) is 4.68 Å². The van der Waals surface area contributed by atoms with Gasteiger partial charge < -0.3 is 9.47 Å². The molecular weight excluding hydrogens is 286 g/mol. The zero-order valence-electron chi connectivity index (χ0n) is 14.3. The second-order valence-corrected chi connectivity index (χ2v) is 7.48. The largest absolute Gasteiger partial charge is 0.496 e. The van der Waals surface area contributed by atoms with Gasteiger partial charge in [0, 0.05) is 7.05 Å². The monoisotopic (exact) mass is 311 g/mol. The summed E-state index contributed by atoms with van der Waals surface area (Å²) in [6, 6.07) is -0.358. The maximum absolute atomic E-state index is 12.1. The molecule has 124 valence electrons. The van der Waals surface area contributed by atoms with Crippen molar-refractivity contribution in [3.05, 3.63) is 33.3 Å². The number of aromatic nitrogens is 3. The van der Waals surface area contributed by atoms with Crippen molar-refractivity contribution in [2.24, 2.45) is 7.05 Å². The smallest absolute Gasteiger partial charge is 0.349 e. The summed E-state index contributed by atoms with van der Waals surface area (Å²) in [5.41, 5.74) is -1.48. The fourth-order valence-electron chi connectivity index (χ4n) is 2.25. The Kier molecular flexibility index (Phi) is 3.89. The summed E-state index contributed by atoms with van der Waals surface area (Å²) < 4.78 is 15.3. The lowest BCUT2D eigenvalue weighted by Gasteiger charge is -2.40. The van der Waals surface area contributed by atoms with Crippen molar-refractivity contribution >= 4 is 0 Å². The molecule has 0 saturated carbocycles. The Balaban J connectivity index is 2.35. The Morgan fingerprint density at radius 1 is 0.955 bits per heavy atom. The molecule has 1 aromatic heterocycles. The summed E-state index contributed by atoms with van der Waals surface area (Å²) in [6.07, 6.45) is 2.81. The second kappa shape index (κ2) is 5.15. The highest BCUT2D eigenvalue weighted by atomic mass is 16.5. The predicted octanol–water partition coefficient (Wildman–Crippen LogP) is 1.55. The van der Waals surface area contributed by atoms with Crippen molar-refractivity contribution in [2.75, 3.05) is 0 Å². The van der Waals surface area contributed by atoms with Crippen LogP contribution in [0.1, 0.15) is 53.8 Å². The van der Waals surface area contributed by atoms with E-state index in [4.69, 9.17) is 9.47 Å². The normalized spacial score (nSPS) is 21.8. The topological polar surface area (TPSA) is 67.4 Å². The number of nitrogens with zero attached hydrogens (tertiary/aromatic N) is 3. The van der Waals surface area contributed by atoms with Crippen LogP contribution in [0, 0.1) is 0 Å². The van der Waals surface area contributed by atoms with Crippen molar-refractivity contribution < 1.29 is 9.47 Å². The molecule has 1 aromatic rings. The van der Waals surface area contributed by atoms with Crippen LogP contribution in [0.4, 0.5) is 0 Å². The molecule has 0 aromatic carbocycles. The summed E-state index contributed by atoms with van der Waals surface area (Å²) in [4.78, 5) is 24.2. The van der Waals surface area contributed by atoms with Gasteiger partial charge in [0.15, 0.2) is 6.23 Å². The number of hydrogen-bond donors (Lipinski definition) is 0. The molecule has 0 saturated heterocycles. The first-order valence-electron chi connectivity index (χ1n) is 7.35. The molecule has 1 aliphatic heterocycles. The summed E-state index contributed by atoms with van der Waals surface area (Å²) in [6.45, 7) is 11.5. The van der Waals surface area contributed by atoms with E-state index in [1.165, 1.54) is 16.4 Å². The molecule has 22 heavy (non-hydrogen) atoms. The quantitative estimate of drug-likeness (QED) is 0.794. The molecule has 1 aliphatic rings. The van der Waals surface area contributed by atoms with Crippen molar-refractivity contribution in [3.63, 3.8) is 0 Å². The molecular formula is C15H25N3O4. The molecule has 0 N–H and O–H groups in total. The molecule has 0 aliphatic carbocycles. The first kappa shape index (κ1) is 16.6. The fraction of sp³-hybridized carbons (Fsp3) is 0.733. The summed E-state index contributed by atoms with van der Waals surface area (Å²) in [7, 11) is 1.46. The summed E-state index contributed by atoms with van der Waals surface area (Å²) >= 11 is 0. The van der Waals surface area contributed by atoms with E-state index in [9.17, 15) is 9.59 Å². The Hall–Kier alpha value is -1.76. The lowest BCUT2D eigenvalue weighted by molar-refractivity contribution is -0.166. The summed E-state index contributed by atoms with van der Waals surface area (Å²) in [5, 5.41) is 0.